The molecule has 1 unspecified atom stereocenters. The second kappa shape index (κ2) is 6.01. The van der Waals surface area contributed by atoms with Crippen LogP contribution in [0.3, 0.4) is 0 Å². The van der Waals surface area contributed by atoms with Gasteiger partial charge in [0.2, 0.25) is 0 Å². The number of hydrogen-bond donors (Lipinski definition) is 0. The number of alkyl halides is 1. The van der Waals surface area contributed by atoms with Crippen LogP contribution in [0.1, 0.15) is 22.1 Å². The lowest BCUT2D eigenvalue weighted by Gasteiger charge is -2.15. The van der Waals surface area contributed by atoms with Crippen LogP contribution in [0, 0.1) is 12.7 Å². The second-order valence-electron chi connectivity index (χ2n) is 4.15. The van der Waals surface area contributed by atoms with Gasteiger partial charge >= 0.3 is 0 Å². The highest BCUT2D eigenvalue weighted by molar-refractivity contribution is 9.10. The summed E-state index contributed by atoms with van der Waals surface area (Å²) in [6.45, 7) is 1.90. The third-order valence-corrected chi connectivity index (χ3v) is 4.73. The highest BCUT2D eigenvalue weighted by Crippen LogP contribution is 2.37. The van der Waals surface area contributed by atoms with Crippen molar-refractivity contribution in [2.24, 2.45) is 0 Å². The molecule has 5 heteroatoms. The number of rotatable bonds is 2. The molecular formula is C14H9BrCl3F. The third kappa shape index (κ3) is 3.25. The summed E-state index contributed by atoms with van der Waals surface area (Å²) in [6.07, 6.45) is 0. The van der Waals surface area contributed by atoms with Crippen LogP contribution in [0.2, 0.25) is 10.0 Å². The molecule has 0 amide bonds. The molecule has 0 aliphatic heterocycles. The molecule has 2 rings (SSSR count). The molecule has 19 heavy (non-hydrogen) atoms. The molecular weight excluding hydrogens is 373 g/mol. The van der Waals surface area contributed by atoms with Crippen molar-refractivity contribution in [1.29, 1.82) is 0 Å². The van der Waals surface area contributed by atoms with Gasteiger partial charge in [-0.1, -0.05) is 29.3 Å². The molecule has 0 saturated heterocycles. The van der Waals surface area contributed by atoms with E-state index in [2.05, 4.69) is 15.9 Å². The molecule has 1 atom stereocenters. The van der Waals surface area contributed by atoms with Crippen LogP contribution in [-0.2, 0) is 0 Å². The Morgan fingerprint density at radius 1 is 1.11 bits per heavy atom. The number of aryl methyl sites for hydroxylation is 1. The molecule has 0 aliphatic rings. The Balaban J connectivity index is 2.52. The molecule has 0 fully saturated rings. The molecule has 0 heterocycles. The zero-order valence-electron chi connectivity index (χ0n) is 9.85. The van der Waals surface area contributed by atoms with E-state index in [-0.39, 0.29) is 0 Å². The van der Waals surface area contributed by atoms with Gasteiger partial charge in [-0.3, -0.25) is 0 Å². The summed E-state index contributed by atoms with van der Waals surface area (Å²) < 4.78 is 14.5. The Bertz CT molecular complexity index is 628. The SMILES string of the molecule is Cc1ccc(Cl)cc1C(Cl)c1cc(Cl)c(Br)cc1F. The molecule has 0 N–H and O–H groups in total. The first kappa shape index (κ1) is 15.1. The van der Waals surface area contributed by atoms with Crippen LogP contribution < -0.4 is 0 Å². The highest BCUT2D eigenvalue weighted by Gasteiger charge is 2.19. The molecule has 0 saturated carbocycles. The minimum atomic E-state index is -0.635. The van der Waals surface area contributed by atoms with Gasteiger partial charge in [0, 0.05) is 15.1 Å². The van der Waals surface area contributed by atoms with Crippen molar-refractivity contribution in [2.45, 2.75) is 12.3 Å². The summed E-state index contributed by atoms with van der Waals surface area (Å²) in [5, 5.41) is 0.348. The zero-order valence-corrected chi connectivity index (χ0v) is 13.7. The van der Waals surface area contributed by atoms with Gasteiger partial charge in [0.25, 0.3) is 0 Å². The Hall–Kier alpha value is -0.280. The van der Waals surface area contributed by atoms with Gasteiger partial charge < -0.3 is 0 Å². The lowest BCUT2D eigenvalue weighted by atomic mass is 10.00. The van der Waals surface area contributed by atoms with Crippen LogP contribution in [-0.4, -0.2) is 0 Å². The fourth-order valence-electron chi connectivity index (χ4n) is 1.78. The summed E-state index contributed by atoms with van der Waals surface area (Å²) in [5.74, 6) is -0.407. The molecule has 2 aromatic rings. The first-order valence-corrected chi connectivity index (χ1v) is 7.43. The van der Waals surface area contributed by atoms with Gasteiger partial charge in [0.15, 0.2) is 0 Å². The fourth-order valence-corrected chi connectivity index (χ4v) is 2.85. The van der Waals surface area contributed by atoms with Gasteiger partial charge in [-0.05, 0) is 58.2 Å². The van der Waals surface area contributed by atoms with Crippen LogP contribution in [0.25, 0.3) is 0 Å². The third-order valence-electron chi connectivity index (χ3n) is 2.83. The van der Waals surface area contributed by atoms with Crippen molar-refractivity contribution < 1.29 is 4.39 Å². The standard InChI is InChI=1S/C14H9BrCl3F/c1-7-2-3-8(16)4-9(7)14(18)10-5-12(17)11(15)6-13(10)19/h2-6,14H,1H3. The molecule has 0 aliphatic carbocycles. The van der Waals surface area contributed by atoms with Crippen molar-refractivity contribution in [3.8, 4) is 0 Å². The van der Waals surface area contributed by atoms with Crippen molar-refractivity contribution in [3.05, 3.63) is 67.4 Å². The Kier molecular flexibility index (Phi) is 4.78. The fraction of sp³-hybridized carbons (Fsp3) is 0.143. The normalized spacial score (nSPS) is 12.5. The average Bonchev–Trinajstić information content (AvgIpc) is 2.36. The van der Waals surface area contributed by atoms with E-state index in [1.807, 2.05) is 13.0 Å². The summed E-state index contributed by atoms with van der Waals surface area (Å²) in [4.78, 5) is 0. The van der Waals surface area contributed by atoms with Gasteiger partial charge in [0.1, 0.15) is 5.82 Å². The van der Waals surface area contributed by atoms with Crippen molar-refractivity contribution >= 4 is 50.7 Å². The van der Waals surface area contributed by atoms with E-state index in [1.165, 1.54) is 12.1 Å². The largest absolute Gasteiger partial charge is 0.207 e. The summed E-state index contributed by atoms with van der Waals surface area (Å²) in [6, 6.07) is 8.20. The molecule has 0 nitrogen and oxygen atoms in total. The molecule has 100 valence electrons. The van der Waals surface area contributed by atoms with Crippen molar-refractivity contribution in [2.75, 3.05) is 0 Å². The summed E-state index contributed by atoms with van der Waals surface area (Å²) in [5.41, 5.74) is 2.05. The first-order valence-electron chi connectivity index (χ1n) is 5.44. The average molecular weight is 382 g/mol. The predicted molar refractivity (Wildman–Crippen MR) is 83.0 cm³/mol. The Morgan fingerprint density at radius 2 is 1.79 bits per heavy atom. The number of hydrogen-bond acceptors (Lipinski definition) is 0. The van der Waals surface area contributed by atoms with E-state index >= 15 is 0 Å². The van der Waals surface area contributed by atoms with Crippen LogP contribution >= 0.6 is 50.7 Å². The molecule has 0 spiro atoms. The Labute approximate surface area is 134 Å². The molecule has 0 aromatic heterocycles. The lowest BCUT2D eigenvalue weighted by molar-refractivity contribution is 0.611. The van der Waals surface area contributed by atoms with E-state index in [0.29, 0.717) is 20.1 Å². The predicted octanol–water partition coefficient (Wildman–Crippen LogP) is 6.53. The lowest BCUT2D eigenvalue weighted by Crippen LogP contribution is -2.00. The smallest absolute Gasteiger partial charge is 0.129 e. The van der Waals surface area contributed by atoms with E-state index in [0.717, 1.165) is 11.1 Å². The minimum absolute atomic E-state index is 0.334. The van der Waals surface area contributed by atoms with E-state index in [1.54, 1.807) is 12.1 Å². The maximum Gasteiger partial charge on any atom is 0.129 e. The van der Waals surface area contributed by atoms with E-state index in [4.69, 9.17) is 34.8 Å². The van der Waals surface area contributed by atoms with Crippen molar-refractivity contribution in [3.63, 3.8) is 0 Å². The Morgan fingerprint density at radius 3 is 2.47 bits per heavy atom. The van der Waals surface area contributed by atoms with Gasteiger partial charge in [-0.15, -0.1) is 11.6 Å². The van der Waals surface area contributed by atoms with Crippen molar-refractivity contribution in [1.82, 2.24) is 0 Å². The highest BCUT2D eigenvalue weighted by atomic mass is 79.9. The maximum atomic E-state index is 14.0. The quantitative estimate of drug-likeness (QED) is 0.409. The van der Waals surface area contributed by atoms with Crippen LogP contribution in [0.4, 0.5) is 4.39 Å². The van der Waals surface area contributed by atoms with Gasteiger partial charge in [0.05, 0.1) is 10.4 Å². The van der Waals surface area contributed by atoms with Gasteiger partial charge in [-0.2, -0.15) is 0 Å². The topological polar surface area (TPSA) is 0 Å². The minimum Gasteiger partial charge on any atom is -0.207 e. The molecule has 0 bridgehead atoms. The van der Waals surface area contributed by atoms with Crippen LogP contribution in [0.15, 0.2) is 34.8 Å². The molecule has 2 aromatic carbocycles. The molecule has 0 radical (unpaired) electrons. The summed E-state index contributed by atoms with van der Waals surface area (Å²) >= 11 is 21.5. The number of halogens is 5. The maximum absolute atomic E-state index is 14.0. The first-order chi connectivity index (χ1) is 8.90. The summed E-state index contributed by atoms with van der Waals surface area (Å²) in [7, 11) is 0. The van der Waals surface area contributed by atoms with E-state index in [9.17, 15) is 4.39 Å². The van der Waals surface area contributed by atoms with Crippen LogP contribution in [0.5, 0.6) is 0 Å². The van der Waals surface area contributed by atoms with E-state index < -0.39 is 11.2 Å². The van der Waals surface area contributed by atoms with Gasteiger partial charge in [-0.25, -0.2) is 4.39 Å². The monoisotopic (exact) mass is 380 g/mol. The zero-order chi connectivity index (χ0) is 14.2. The number of benzene rings is 2. The second-order valence-corrected chi connectivity index (χ2v) is 6.29.